The molecule has 1 aromatic rings. The predicted octanol–water partition coefficient (Wildman–Crippen LogP) is 2.29. The van der Waals surface area contributed by atoms with E-state index < -0.39 is 0 Å². The van der Waals surface area contributed by atoms with Crippen molar-refractivity contribution >= 4 is 5.91 Å². The molecule has 0 unspecified atom stereocenters. The number of hydrogen-bond donors (Lipinski definition) is 1. The molecule has 1 heterocycles. The van der Waals surface area contributed by atoms with Gasteiger partial charge in [0, 0.05) is 25.4 Å². The predicted molar refractivity (Wildman–Crippen MR) is 84.3 cm³/mol. The Hall–Kier alpha value is -1.43. The minimum absolute atomic E-state index is 0.154. The van der Waals surface area contributed by atoms with Crippen molar-refractivity contribution in [1.29, 1.82) is 0 Å². The fourth-order valence-corrected chi connectivity index (χ4v) is 2.83. The molecule has 0 bridgehead atoms. The lowest BCUT2D eigenvalue weighted by Gasteiger charge is -2.18. The monoisotopic (exact) mass is 308 g/mol. The lowest BCUT2D eigenvalue weighted by molar-refractivity contribution is -0.122. The highest BCUT2D eigenvalue weighted by molar-refractivity contribution is 5.76. The second-order valence-corrected chi connectivity index (χ2v) is 6.20. The second-order valence-electron chi connectivity index (χ2n) is 6.20. The first-order chi connectivity index (χ1) is 10.7. The normalized spacial score (nSPS) is 16.7. The van der Waals surface area contributed by atoms with Crippen LogP contribution in [0.1, 0.15) is 63.6 Å². The van der Waals surface area contributed by atoms with Gasteiger partial charge in [0.05, 0.1) is 6.54 Å². The van der Waals surface area contributed by atoms with Gasteiger partial charge in [0.1, 0.15) is 0 Å². The SMILES string of the molecule is CCc1nc(CN(C)CCC(=O)NC2CCCCCC2)no1. The van der Waals surface area contributed by atoms with E-state index in [9.17, 15) is 4.79 Å². The van der Waals surface area contributed by atoms with Gasteiger partial charge in [-0.05, 0) is 19.9 Å². The number of nitrogens with one attached hydrogen (secondary N) is 1. The minimum Gasteiger partial charge on any atom is -0.353 e. The molecule has 0 saturated heterocycles. The van der Waals surface area contributed by atoms with Crippen molar-refractivity contribution in [1.82, 2.24) is 20.4 Å². The first-order valence-corrected chi connectivity index (χ1v) is 8.46. The quantitative estimate of drug-likeness (QED) is 0.783. The molecule has 1 amide bonds. The Labute approximate surface area is 132 Å². The number of carbonyl (C=O) groups is 1. The number of aryl methyl sites for hydroxylation is 1. The Kier molecular flexibility index (Phi) is 6.83. The zero-order valence-corrected chi connectivity index (χ0v) is 13.8. The van der Waals surface area contributed by atoms with E-state index in [4.69, 9.17) is 4.52 Å². The van der Waals surface area contributed by atoms with Crippen LogP contribution in [-0.4, -0.2) is 40.6 Å². The zero-order valence-electron chi connectivity index (χ0n) is 13.8. The molecule has 1 aliphatic rings. The van der Waals surface area contributed by atoms with Crippen LogP contribution in [0.15, 0.2) is 4.52 Å². The number of nitrogens with zero attached hydrogens (tertiary/aromatic N) is 3. The molecular formula is C16H28N4O2. The van der Waals surface area contributed by atoms with Gasteiger partial charge in [-0.1, -0.05) is 37.8 Å². The second kappa shape index (κ2) is 8.88. The largest absolute Gasteiger partial charge is 0.353 e. The molecule has 1 saturated carbocycles. The van der Waals surface area contributed by atoms with Crippen LogP contribution in [0.3, 0.4) is 0 Å². The summed E-state index contributed by atoms with van der Waals surface area (Å²) in [6.45, 7) is 3.30. The van der Waals surface area contributed by atoms with E-state index in [2.05, 4.69) is 20.4 Å². The third-order valence-electron chi connectivity index (χ3n) is 4.16. The first kappa shape index (κ1) is 16.9. The van der Waals surface area contributed by atoms with Crippen LogP contribution in [-0.2, 0) is 17.8 Å². The van der Waals surface area contributed by atoms with Crippen LogP contribution >= 0.6 is 0 Å². The van der Waals surface area contributed by atoms with E-state index in [1.807, 2.05) is 14.0 Å². The van der Waals surface area contributed by atoms with Crippen molar-refractivity contribution in [3.05, 3.63) is 11.7 Å². The molecule has 1 aromatic heterocycles. The van der Waals surface area contributed by atoms with Crippen molar-refractivity contribution in [2.24, 2.45) is 0 Å². The van der Waals surface area contributed by atoms with Gasteiger partial charge in [0.25, 0.3) is 0 Å². The minimum atomic E-state index is 0.154. The molecule has 22 heavy (non-hydrogen) atoms. The average Bonchev–Trinajstić information content (AvgIpc) is 2.80. The topological polar surface area (TPSA) is 71.3 Å². The molecule has 1 aliphatic carbocycles. The van der Waals surface area contributed by atoms with Gasteiger partial charge < -0.3 is 9.84 Å². The third kappa shape index (κ3) is 5.75. The molecule has 0 radical (unpaired) electrons. The van der Waals surface area contributed by atoms with Crippen LogP contribution in [0.5, 0.6) is 0 Å². The van der Waals surface area contributed by atoms with Gasteiger partial charge >= 0.3 is 0 Å². The molecule has 1 N–H and O–H groups in total. The summed E-state index contributed by atoms with van der Waals surface area (Å²) in [5.41, 5.74) is 0. The maximum absolute atomic E-state index is 12.0. The van der Waals surface area contributed by atoms with Crippen molar-refractivity contribution in [2.45, 2.75) is 70.9 Å². The van der Waals surface area contributed by atoms with Gasteiger partial charge in [0.15, 0.2) is 5.82 Å². The highest BCUT2D eigenvalue weighted by atomic mass is 16.5. The molecular weight excluding hydrogens is 280 g/mol. The van der Waals surface area contributed by atoms with Gasteiger partial charge in [-0.2, -0.15) is 4.98 Å². The standard InChI is InChI=1S/C16H28N4O2/c1-3-16-18-14(19-22-16)12-20(2)11-10-15(21)17-13-8-6-4-5-7-9-13/h13H,3-12H2,1-2H3,(H,17,21). The molecule has 6 nitrogen and oxygen atoms in total. The first-order valence-electron chi connectivity index (χ1n) is 8.46. The molecule has 0 aromatic carbocycles. The van der Waals surface area contributed by atoms with E-state index in [0.29, 0.717) is 37.3 Å². The number of aromatic nitrogens is 2. The molecule has 124 valence electrons. The summed E-state index contributed by atoms with van der Waals surface area (Å²) in [7, 11) is 1.97. The molecule has 6 heteroatoms. The van der Waals surface area contributed by atoms with E-state index in [1.165, 1.54) is 25.7 Å². The highest BCUT2D eigenvalue weighted by Gasteiger charge is 2.15. The Balaban J connectivity index is 1.66. The van der Waals surface area contributed by atoms with Crippen LogP contribution in [0.25, 0.3) is 0 Å². The fraction of sp³-hybridized carbons (Fsp3) is 0.812. The summed E-state index contributed by atoms with van der Waals surface area (Å²) in [4.78, 5) is 18.4. The van der Waals surface area contributed by atoms with E-state index in [0.717, 1.165) is 19.3 Å². The van der Waals surface area contributed by atoms with Gasteiger partial charge in [-0.3, -0.25) is 9.69 Å². The Morgan fingerprint density at radius 3 is 2.68 bits per heavy atom. The summed E-state index contributed by atoms with van der Waals surface area (Å²) in [5, 5.41) is 7.11. The Morgan fingerprint density at radius 2 is 2.05 bits per heavy atom. The third-order valence-corrected chi connectivity index (χ3v) is 4.16. The van der Waals surface area contributed by atoms with E-state index >= 15 is 0 Å². The Morgan fingerprint density at radius 1 is 1.32 bits per heavy atom. The van der Waals surface area contributed by atoms with Crippen LogP contribution in [0, 0.1) is 0 Å². The number of rotatable bonds is 7. The Bertz CT molecular complexity index is 453. The number of amides is 1. The van der Waals surface area contributed by atoms with Crippen molar-refractivity contribution in [2.75, 3.05) is 13.6 Å². The molecule has 2 rings (SSSR count). The number of carbonyl (C=O) groups excluding carboxylic acids is 1. The van der Waals surface area contributed by atoms with Gasteiger partial charge in [-0.25, -0.2) is 0 Å². The van der Waals surface area contributed by atoms with Crippen molar-refractivity contribution in [3.8, 4) is 0 Å². The van der Waals surface area contributed by atoms with Crippen LogP contribution in [0.2, 0.25) is 0 Å². The molecule has 0 spiro atoms. The summed E-state index contributed by atoms with van der Waals surface area (Å²) in [6, 6.07) is 0.379. The summed E-state index contributed by atoms with van der Waals surface area (Å²) < 4.78 is 5.09. The van der Waals surface area contributed by atoms with E-state index in [-0.39, 0.29) is 5.91 Å². The van der Waals surface area contributed by atoms with Crippen LogP contribution < -0.4 is 5.32 Å². The van der Waals surface area contributed by atoms with Crippen LogP contribution in [0.4, 0.5) is 0 Å². The molecule has 1 fully saturated rings. The fourth-order valence-electron chi connectivity index (χ4n) is 2.83. The van der Waals surface area contributed by atoms with Crippen molar-refractivity contribution < 1.29 is 9.32 Å². The highest BCUT2D eigenvalue weighted by Crippen LogP contribution is 2.17. The summed E-state index contributed by atoms with van der Waals surface area (Å²) in [6.07, 6.45) is 8.62. The lowest BCUT2D eigenvalue weighted by atomic mass is 10.1. The lowest BCUT2D eigenvalue weighted by Crippen LogP contribution is -2.36. The maximum atomic E-state index is 12.0. The average molecular weight is 308 g/mol. The smallest absolute Gasteiger partial charge is 0.226 e. The van der Waals surface area contributed by atoms with E-state index in [1.54, 1.807) is 0 Å². The maximum Gasteiger partial charge on any atom is 0.226 e. The zero-order chi connectivity index (χ0) is 15.8. The van der Waals surface area contributed by atoms with Gasteiger partial charge in [-0.15, -0.1) is 0 Å². The molecule has 0 atom stereocenters. The van der Waals surface area contributed by atoms with Crippen molar-refractivity contribution in [3.63, 3.8) is 0 Å². The summed E-state index contributed by atoms with van der Waals surface area (Å²) in [5.74, 6) is 1.50. The summed E-state index contributed by atoms with van der Waals surface area (Å²) >= 11 is 0. The van der Waals surface area contributed by atoms with Gasteiger partial charge in [0.2, 0.25) is 11.8 Å². The molecule has 0 aliphatic heterocycles. The number of hydrogen-bond acceptors (Lipinski definition) is 5.